The third-order valence-corrected chi connectivity index (χ3v) is 5.04. The number of para-hydroxylation sites is 1. The zero-order valence-corrected chi connectivity index (χ0v) is 18.2. The molecule has 0 fully saturated rings. The quantitative estimate of drug-likeness (QED) is 0.353. The molecule has 1 aromatic heterocycles. The van der Waals surface area contributed by atoms with E-state index < -0.39 is 5.91 Å². The van der Waals surface area contributed by atoms with Crippen molar-refractivity contribution in [1.82, 2.24) is 15.2 Å². The van der Waals surface area contributed by atoms with Gasteiger partial charge in [0.1, 0.15) is 5.75 Å². The van der Waals surface area contributed by atoms with Gasteiger partial charge in [0.2, 0.25) is 0 Å². The number of aryl methyl sites for hydroxylation is 2. The number of carbonyl (C=O) groups is 1. The second-order valence-corrected chi connectivity index (χ2v) is 7.47. The van der Waals surface area contributed by atoms with Crippen LogP contribution in [0.4, 0.5) is 0 Å². The number of nitrogens with zero attached hydrogens (tertiary/aromatic N) is 3. The van der Waals surface area contributed by atoms with E-state index in [-0.39, 0.29) is 5.69 Å². The maximum Gasteiger partial charge on any atom is 0.291 e. The molecule has 0 aliphatic carbocycles. The van der Waals surface area contributed by atoms with Gasteiger partial charge in [0.05, 0.1) is 24.7 Å². The van der Waals surface area contributed by atoms with Crippen LogP contribution in [0.5, 0.6) is 5.75 Å². The number of ether oxygens (including phenoxy) is 1. The summed E-state index contributed by atoms with van der Waals surface area (Å²) in [6, 6.07) is 25.4. The van der Waals surface area contributed by atoms with Crippen LogP contribution in [-0.2, 0) is 0 Å². The summed E-state index contributed by atoms with van der Waals surface area (Å²) >= 11 is 0. The predicted molar refractivity (Wildman–Crippen MR) is 127 cm³/mol. The van der Waals surface area contributed by atoms with E-state index in [4.69, 9.17) is 4.74 Å². The number of aromatic nitrogens is 2. The Labute approximate surface area is 187 Å². The molecule has 0 saturated heterocycles. The molecule has 1 N–H and O–H groups in total. The third-order valence-electron chi connectivity index (χ3n) is 5.04. The van der Waals surface area contributed by atoms with Crippen LogP contribution in [0.1, 0.15) is 27.2 Å². The first-order valence-corrected chi connectivity index (χ1v) is 10.3. The highest BCUT2D eigenvalue weighted by atomic mass is 16.5. The van der Waals surface area contributed by atoms with E-state index in [2.05, 4.69) is 15.6 Å². The minimum atomic E-state index is -0.393. The van der Waals surface area contributed by atoms with Gasteiger partial charge in [-0.05, 0) is 49.7 Å². The molecule has 0 radical (unpaired) electrons. The number of hydrazone groups is 1. The Hall–Kier alpha value is -4.19. The maximum atomic E-state index is 12.8. The first kappa shape index (κ1) is 21.1. The van der Waals surface area contributed by atoms with Gasteiger partial charge in [-0.2, -0.15) is 10.2 Å². The fourth-order valence-corrected chi connectivity index (χ4v) is 3.37. The van der Waals surface area contributed by atoms with E-state index in [0.717, 1.165) is 28.1 Å². The predicted octanol–water partition coefficient (Wildman–Crippen LogP) is 4.93. The van der Waals surface area contributed by atoms with Crippen LogP contribution in [0.25, 0.3) is 16.9 Å². The highest BCUT2D eigenvalue weighted by Gasteiger charge is 2.16. The molecule has 0 bridgehead atoms. The third kappa shape index (κ3) is 4.59. The molecule has 160 valence electrons. The van der Waals surface area contributed by atoms with Gasteiger partial charge >= 0.3 is 0 Å². The lowest BCUT2D eigenvalue weighted by molar-refractivity contribution is 0.0949. The maximum absolute atomic E-state index is 12.8. The van der Waals surface area contributed by atoms with Crippen molar-refractivity contribution in [2.75, 3.05) is 7.11 Å². The Morgan fingerprint density at radius 3 is 2.50 bits per heavy atom. The van der Waals surface area contributed by atoms with Crippen LogP contribution in [0.15, 0.2) is 84.0 Å². The van der Waals surface area contributed by atoms with E-state index in [1.165, 1.54) is 5.56 Å². The topological polar surface area (TPSA) is 68.5 Å². The van der Waals surface area contributed by atoms with Gasteiger partial charge in [-0.1, -0.05) is 54.1 Å². The normalized spacial score (nSPS) is 11.0. The molecule has 0 spiro atoms. The van der Waals surface area contributed by atoms with Crippen LogP contribution >= 0.6 is 0 Å². The molecule has 32 heavy (non-hydrogen) atoms. The SMILES string of the molecule is COc1ccccc1/C=N\NC(=O)c1cc(-c2ccc(C)cc2)n(-c2cccc(C)c2)n1. The molecule has 4 rings (SSSR count). The van der Waals surface area contributed by atoms with Crippen molar-refractivity contribution in [1.29, 1.82) is 0 Å². The summed E-state index contributed by atoms with van der Waals surface area (Å²) in [4.78, 5) is 12.8. The van der Waals surface area contributed by atoms with Crippen LogP contribution in [0.2, 0.25) is 0 Å². The average Bonchev–Trinajstić information content (AvgIpc) is 3.25. The summed E-state index contributed by atoms with van der Waals surface area (Å²) in [5, 5.41) is 8.67. The Morgan fingerprint density at radius 1 is 0.969 bits per heavy atom. The van der Waals surface area contributed by atoms with Gasteiger partial charge in [-0.25, -0.2) is 10.1 Å². The van der Waals surface area contributed by atoms with Crippen LogP contribution in [-0.4, -0.2) is 29.0 Å². The molecule has 6 nitrogen and oxygen atoms in total. The Bertz CT molecular complexity index is 1270. The van der Waals surface area contributed by atoms with E-state index in [1.54, 1.807) is 24.1 Å². The largest absolute Gasteiger partial charge is 0.496 e. The van der Waals surface area contributed by atoms with E-state index >= 15 is 0 Å². The summed E-state index contributed by atoms with van der Waals surface area (Å²) in [7, 11) is 1.59. The summed E-state index contributed by atoms with van der Waals surface area (Å²) in [5.41, 5.74) is 8.57. The van der Waals surface area contributed by atoms with Crippen molar-refractivity contribution in [3.8, 4) is 22.7 Å². The lowest BCUT2D eigenvalue weighted by Gasteiger charge is -2.08. The van der Waals surface area contributed by atoms with Crippen molar-refractivity contribution in [2.24, 2.45) is 5.10 Å². The van der Waals surface area contributed by atoms with Gasteiger partial charge in [-0.15, -0.1) is 0 Å². The first-order chi connectivity index (χ1) is 15.5. The van der Waals surface area contributed by atoms with Crippen molar-refractivity contribution in [3.63, 3.8) is 0 Å². The minimum absolute atomic E-state index is 0.277. The number of benzene rings is 3. The molecule has 0 unspecified atom stereocenters. The van der Waals surface area contributed by atoms with Crippen molar-refractivity contribution < 1.29 is 9.53 Å². The Kier molecular flexibility index (Phi) is 6.12. The summed E-state index contributed by atoms with van der Waals surface area (Å²) in [5.74, 6) is 0.284. The summed E-state index contributed by atoms with van der Waals surface area (Å²) < 4.78 is 7.09. The first-order valence-electron chi connectivity index (χ1n) is 10.3. The smallest absolute Gasteiger partial charge is 0.291 e. The van der Waals surface area contributed by atoms with E-state index in [0.29, 0.717) is 5.75 Å². The summed E-state index contributed by atoms with van der Waals surface area (Å²) in [6.07, 6.45) is 1.55. The van der Waals surface area contributed by atoms with Crippen molar-refractivity contribution >= 4 is 12.1 Å². The fourth-order valence-electron chi connectivity index (χ4n) is 3.37. The van der Waals surface area contributed by atoms with Gasteiger partial charge in [0, 0.05) is 11.1 Å². The molecule has 1 amide bonds. The molecule has 0 saturated carbocycles. The number of hydrogen-bond donors (Lipinski definition) is 1. The Balaban J connectivity index is 1.65. The van der Waals surface area contributed by atoms with Gasteiger partial charge in [0.15, 0.2) is 5.69 Å². The Morgan fingerprint density at radius 2 is 1.75 bits per heavy atom. The van der Waals surface area contributed by atoms with Crippen LogP contribution in [0, 0.1) is 13.8 Å². The number of methoxy groups -OCH3 is 1. The van der Waals surface area contributed by atoms with E-state index in [1.807, 2.05) is 86.6 Å². The monoisotopic (exact) mass is 424 g/mol. The molecular weight excluding hydrogens is 400 g/mol. The molecule has 0 atom stereocenters. The van der Waals surface area contributed by atoms with Crippen molar-refractivity contribution in [2.45, 2.75) is 13.8 Å². The van der Waals surface area contributed by atoms with Crippen molar-refractivity contribution in [3.05, 3.63) is 101 Å². The van der Waals surface area contributed by atoms with Gasteiger partial charge < -0.3 is 4.74 Å². The standard InChI is InChI=1S/C26H24N4O2/c1-18-11-13-20(14-12-18)24-16-23(29-30(24)22-9-6-7-19(2)15-22)26(31)28-27-17-21-8-4-5-10-25(21)32-3/h4-17H,1-3H3,(H,28,31)/b27-17-. The number of amides is 1. The minimum Gasteiger partial charge on any atom is -0.496 e. The van der Waals surface area contributed by atoms with Gasteiger partial charge in [-0.3, -0.25) is 4.79 Å². The summed E-state index contributed by atoms with van der Waals surface area (Å²) in [6.45, 7) is 4.07. The molecule has 3 aromatic carbocycles. The van der Waals surface area contributed by atoms with Crippen LogP contribution < -0.4 is 10.2 Å². The lowest BCUT2D eigenvalue weighted by atomic mass is 10.1. The zero-order chi connectivity index (χ0) is 22.5. The molecule has 4 aromatic rings. The second-order valence-electron chi connectivity index (χ2n) is 7.47. The molecular formula is C26H24N4O2. The highest BCUT2D eigenvalue weighted by molar-refractivity contribution is 5.94. The number of carbonyl (C=O) groups excluding carboxylic acids is 1. The van der Waals surface area contributed by atoms with Crippen LogP contribution in [0.3, 0.4) is 0 Å². The molecule has 6 heteroatoms. The fraction of sp³-hybridized carbons (Fsp3) is 0.115. The zero-order valence-electron chi connectivity index (χ0n) is 18.2. The van der Waals surface area contributed by atoms with E-state index in [9.17, 15) is 4.79 Å². The second kappa shape index (κ2) is 9.31. The highest BCUT2D eigenvalue weighted by Crippen LogP contribution is 2.25. The number of nitrogens with one attached hydrogen (secondary N) is 1. The average molecular weight is 425 g/mol. The lowest BCUT2D eigenvalue weighted by Crippen LogP contribution is -2.18. The molecule has 0 aliphatic heterocycles. The molecule has 0 aliphatic rings. The number of hydrogen-bond acceptors (Lipinski definition) is 4. The molecule has 1 heterocycles. The van der Waals surface area contributed by atoms with Gasteiger partial charge in [0.25, 0.3) is 5.91 Å². The number of rotatable bonds is 6.